The van der Waals surface area contributed by atoms with E-state index in [1.807, 2.05) is 84.4 Å². The number of ether oxygens (including phenoxy) is 1. The van der Waals surface area contributed by atoms with Crippen LogP contribution in [0, 0.1) is 0 Å². The van der Waals surface area contributed by atoms with E-state index in [-0.39, 0.29) is 5.11 Å². The van der Waals surface area contributed by atoms with Gasteiger partial charge in [0.15, 0.2) is 10.7 Å². The van der Waals surface area contributed by atoms with Crippen molar-refractivity contribution >= 4 is 52.5 Å². The third kappa shape index (κ3) is 3.06. The smallest absolute Gasteiger partial charge is 0.334 e. The van der Waals surface area contributed by atoms with Gasteiger partial charge in [0, 0.05) is 10.6 Å². The molecular weight excluding hydrogens is 447 g/mol. The molecule has 31 heavy (non-hydrogen) atoms. The van der Waals surface area contributed by atoms with E-state index in [2.05, 4.69) is 5.32 Å². The first-order valence-electron chi connectivity index (χ1n) is 9.75. The average molecular weight is 471 g/mol. The molecule has 1 aromatic heterocycles. The highest BCUT2D eigenvalue weighted by Gasteiger charge is 2.66. The van der Waals surface area contributed by atoms with Crippen molar-refractivity contribution in [1.82, 2.24) is 9.99 Å². The molecular formula is C23H23N2O3PS2. The Bertz CT molecular complexity index is 1110. The van der Waals surface area contributed by atoms with Crippen LogP contribution in [0.4, 0.5) is 0 Å². The first kappa shape index (κ1) is 21.8. The van der Waals surface area contributed by atoms with E-state index in [4.69, 9.17) is 17.0 Å². The van der Waals surface area contributed by atoms with Crippen LogP contribution in [-0.4, -0.2) is 28.4 Å². The molecule has 1 fully saturated rings. The Hall–Kier alpha value is -2.47. The molecule has 0 aliphatic carbocycles. The van der Waals surface area contributed by atoms with E-state index in [9.17, 15) is 4.79 Å². The Morgan fingerprint density at radius 1 is 1.03 bits per heavy atom. The maximum atomic E-state index is 15.2. The molecule has 2 heterocycles. The largest absolute Gasteiger partial charge is 0.467 e. The fraction of sp³-hybridized carbons (Fsp3) is 0.217. The molecule has 1 aliphatic rings. The summed E-state index contributed by atoms with van der Waals surface area (Å²) in [6.07, 6.45) is 0. The van der Waals surface area contributed by atoms with Gasteiger partial charge in [-0.3, -0.25) is 9.24 Å². The van der Waals surface area contributed by atoms with Crippen molar-refractivity contribution in [3.8, 4) is 0 Å². The Morgan fingerprint density at radius 2 is 1.58 bits per heavy atom. The van der Waals surface area contributed by atoms with Crippen molar-refractivity contribution in [1.29, 1.82) is 0 Å². The van der Waals surface area contributed by atoms with Gasteiger partial charge in [0.05, 0.1) is 7.11 Å². The average Bonchev–Trinajstić information content (AvgIpc) is 3.41. The first-order chi connectivity index (χ1) is 14.8. The molecule has 5 nitrogen and oxygen atoms in total. The molecule has 0 amide bonds. The molecule has 2 aromatic carbocycles. The molecule has 8 heteroatoms. The fourth-order valence-electron chi connectivity index (χ4n) is 4.26. The molecule has 3 aromatic rings. The molecule has 0 saturated carbocycles. The summed E-state index contributed by atoms with van der Waals surface area (Å²) in [6.45, 7) is 3.65. The Balaban J connectivity index is 2.06. The van der Waals surface area contributed by atoms with Crippen LogP contribution in [0.5, 0.6) is 0 Å². The minimum atomic E-state index is -3.49. The third-order valence-electron chi connectivity index (χ3n) is 6.12. The second-order valence-electron chi connectivity index (χ2n) is 7.69. The van der Waals surface area contributed by atoms with E-state index >= 15 is 4.57 Å². The monoisotopic (exact) mass is 470 g/mol. The van der Waals surface area contributed by atoms with Crippen LogP contribution in [0.25, 0.3) is 0 Å². The summed E-state index contributed by atoms with van der Waals surface area (Å²) < 4.78 is 22.1. The summed E-state index contributed by atoms with van der Waals surface area (Å²) in [5.41, 5.74) is -1.48. The molecule has 1 N–H and O–H groups in total. The lowest BCUT2D eigenvalue weighted by Crippen LogP contribution is -2.60. The minimum Gasteiger partial charge on any atom is -0.467 e. The molecule has 0 unspecified atom stereocenters. The SMILES string of the molecule is COC(=O)[C@@]1(C)NC(=S)N(P(=O)(c2ccccc2)c2ccccc2)[C@]1(C)c1ccsc1. The number of rotatable bonds is 5. The topological polar surface area (TPSA) is 58.6 Å². The van der Waals surface area contributed by atoms with Crippen LogP contribution in [-0.2, 0) is 19.6 Å². The summed E-state index contributed by atoms with van der Waals surface area (Å²) in [5, 5.41) is 8.60. The fourth-order valence-corrected chi connectivity index (χ4v) is 8.85. The van der Waals surface area contributed by atoms with Crippen LogP contribution >= 0.6 is 30.8 Å². The Morgan fingerprint density at radius 3 is 2.03 bits per heavy atom. The lowest BCUT2D eigenvalue weighted by Gasteiger charge is -2.45. The molecule has 0 radical (unpaired) electrons. The lowest BCUT2D eigenvalue weighted by molar-refractivity contribution is -0.150. The number of carbonyl (C=O) groups is 1. The normalized spacial score (nSPS) is 23.5. The van der Waals surface area contributed by atoms with Crippen molar-refractivity contribution in [2.24, 2.45) is 0 Å². The van der Waals surface area contributed by atoms with Gasteiger partial charge in [0.1, 0.15) is 5.54 Å². The second-order valence-corrected chi connectivity index (χ2v) is 11.4. The zero-order chi connectivity index (χ0) is 22.3. The van der Waals surface area contributed by atoms with Crippen LogP contribution in [0.3, 0.4) is 0 Å². The number of hydrogen-bond donors (Lipinski definition) is 1. The van der Waals surface area contributed by atoms with Crippen molar-refractivity contribution in [3.05, 3.63) is 83.1 Å². The van der Waals surface area contributed by atoms with E-state index in [1.165, 1.54) is 18.4 Å². The predicted molar refractivity (Wildman–Crippen MR) is 129 cm³/mol. The van der Waals surface area contributed by atoms with Gasteiger partial charge < -0.3 is 10.1 Å². The maximum Gasteiger partial charge on any atom is 0.334 e. The van der Waals surface area contributed by atoms with Crippen LogP contribution < -0.4 is 15.9 Å². The summed E-state index contributed by atoms with van der Waals surface area (Å²) in [5.74, 6) is -0.473. The van der Waals surface area contributed by atoms with Gasteiger partial charge in [-0.2, -0.15) is 11.3 Å². The first-order valence-corrected chi connectivity index (χ1v) is 12.8. The van der Waals surface area contributed by atoms with Crippen molar-refractivity contribution in [3.63, 3.8) is 0 Å². The van der Waals surface area contributed by atoms with Crippen molar-refractivity contribution in [2.45, 2.75) is 24.9 Å². The molecule has 0 spiro atoms. The molecule has 160 valence electrons. The van der Waals surface area contributed by atoms with Gasteiger partial charge in [-0.15, -0.1) is 0 Å². The number of thiocarbonyl (C=S) groups is 1. The van der Waals surface area contributed by atoms with E-state index in [0.29, 0.717) is 10.6 Å². The number of esters is 1. The molecule has 4 rings (SSSR count). The lowest BCUT2D eigenvalue weighted by atomic mass is 9.77. The molecule has 2 atom stereocenters. The van der Waals surface area contributed by atoms with Crippen LogP contribution in [0.15, 0.2) is 77.5 Å². The van der Waals surface area contributed by atoms with Crippen LogP contribution in [0.2, 0.25) is 0 Å². The van der Waals surface area contributed by atoms with Gasteiger partial charge in [-0.25, -0.2) is 4.79 Å². The number of nitrogens with one attached hydrogen (secondary N) is 1. The van der Waals surface area contributed by atoms with E-state index in [0.717, 1.165) is 5.56 Å². The molecule has 1 saturated heterocycles. The summed E-state index contributed by atoms with van der Waals surface area (Å²) >= 11 is 7.28. The van der Waals surface area contributed by atoms with E-state index < -0.39 is 24.3 Å². The highest BCUT2D eigenvalue weighted by atomic mass is 32.1. The van der Waals surface area contributed by atoms with Gasteiger partial charge in [-0.05, 0) is 72.7 Å². The number of nitrogens with zero attached hydrogens (tertiary/aromatic N) is 1. The highest BCUT2D eigenvalue weighted by molar-refractivity contribution is 7.83. The number of hydrogen-bond acceptors (Lipinski definition) is 5. The number of methoxy groups -OCH3 is 1. The van der Waals surface area contributed by atoms with Gasteiger partial charge in [0.2, 0.25) is 7.29 Å². The summed E-state index contributed by atoms with van der Waals surface area (Å²) in [6, 6.07) is 20.5. The molecule has 0 bridgehead atoms. The van der Waals surface area contributed by atoms with Crippen LogP contribution in [0.1, 0.15) is 19.4 Å². The predicted octanol–water partition coefficient (Wildman–Crippen LogP) is 4.01. The maximum absolute atomic E-state index is 15.2. The second kappa shape index (κ2) is 7.90. The minimum absolute atomic E-state index is 0.248. The zero-order valence-electron chi connectivity index (χ0n) is 17.4. The summed E-state index contributed by atoms with van der Waals surface area (Å²) in [4.78, 5) is 13.1. The number of thiophene rings is 1. The molecule has 1 aliphatic heterocycles. The van der Waals surface area contributed by atoms with Crippen molar-refractivity contribution < 1.29 is 14.1 Å². The Labute approximate surface area is 191 Å². The van der Waals surface area contributed by atoms with Gasteiger partial charge in [-0.1, -0.05) is 36.4 Å². The van der Waals surface area contributed by atoms with Gasteiger partial charge in [0.25, 0.3) is 0 Å². The third-order valence-corrected chi connectivity index (χ3v) is 10.4. The zero-order valence-corrected chi connectivity index (χ0v) is 20.0. The van der Waals surface area contributed by atoms with E-state index in [1.54, 1.807) is 11.6 Å². The quantitative estimate of drug-likeness (QED) is 0.345. The summed E-state index contributed by atoms with van der Waals surface area (Å²) in [7, 11) is -2.14. The van der Waals surface area contributed by atoms with Crippen molar-refractivity contribution in [2.75, 3.05) is 7.11 Å². The Kier molecular flexibility index (Phi) is 5.54. The number of carbonyl (C=O) groups excluding carboxylic acids is 1. The number of benzene rings is 2. The highest BCUT2D eigenvalue weighted by Crippen LogP contribution is 2.60. The van der Waals surface area contributed by atoms with Gasteiger partial charge >= 0.3 is 5.97 Å². The standard InChI is InChI=1S/C23H23N2O3PS2/c1-22(20(26)28-3)23(2,17-14-15-31-16-17)25(21(30)24-22)29(27,18-10-6-4-7-11-18)19-12-8-5-9-13-19/h4-16H,1-3H3,(H,24,30)/t22-,23-/m1/s1.